The number of carbonyl (C=O) groups excluding carboxylic acids is 2. The molecule has 1 aromatic carbocycles. The molecule has 8 heteroatoms. The fraction of sp³-hybridized carbons (Fsp3) is 0.333. The van der Waals surface area contributed by atoms with E-state index in [9.17, 15) is 22.8 Å². The van der Waals surface area contributed by atoms with E-state index in [1.807, 2.05) is 16.8 Å². The SMILES string of the molecule is O=C(Cc1ccsc1)N1CCN(C(=O)c2ccc(C(F)(F)F)cc2)CC1. The first-order chi connectivity index (χ1) is 12.3. The second-order valence-electron chi connectivity index (χ2n) is 6.06. The van der Waals surface area contributed by atoms with E-state index in [1.165, 1.54) is 23.5 Å². The molecule has 1 fully saturated rings. The molecule has 3 rings (SSSR count). The van der Waals surface area contributed by atoms with Crippen LogP contribution < -0.4 is 0 Å². The first-order valence-corrected chi connectivity index (χ1v) is 9.04. The number of hydrogen-bond donors (Lipinski definition) is 0. The molecule has 0 spiro atoms. The molecule has 0 bridgehead atoms. The lowest BCUT2D eigenvalue weighted by Crippen LogP contribution is -2.51. The summed E-state index contributed by atoms with van der Waals surface area (Å²) in [6, 6.07) is 6.12. The van der Waals surface area contributed by atoms with Gasteiger partial charge in [0.05, 0.1) is 12.0 Å². The second kappa shape index (κ2) is 7.49. The highest BCUT2D eigenvalue weighted by Crippen LogP contribution is 2.29. The van der Waals surface area contributed by atoms with E-state index in [1.54, 1.807) is 9.80 Å². The summed E-state index contributed by atoms with van der Waals surface area (Å²) in [5.74, 6) is -0.298. The van der Waals surface area contributed by atoms with Gasteiger partial charge in [-0.25, -0.2) is 0 Å². The Morgan fingerprint density at radius 1 is 0.962 bits per heavy atom. The number of piperazine rings is 1. The van der Waals surface area contributed by atoms with Crippen molar-refractivity contribution >= 4 is 23.2 Å². The Kier molecular flexibility index (Phi) is 5.31. The summed E-state index contributed by atoms with van der Waals surface area (Å²) in [6.07, 6.45) is -4.08. The van der Waals surface area contributed by atoms with E-state index in [0.717, 1.165) is 17.7 Å². The first kappa shape index (κ1) is 18.4. The van der Waals surface area contributed by atoms with Crippen molar-refractivity contribution in [2.75, 3.05) is 26.2 Å². The van der Waals surface area contributed by atoms with E-state index in [2.05, 4.69) is 0 Å². The van der Waals surface area contributed by atoms with Crippen molar-refractivity contribution in [3.05, 3.63) is 57.8 Å². The van der Waals surface area contributed by atoms with Crippen LogP contribution in [0.2, 0.25) is 0 Å². The molecular formula is C18H17F3N2O2S. The summed E-state index contributed by atoms with van der Waals surface area (Å²) in [4.78, 5) is 28.0. The summed E-state index contributed by atoms with van der Waals surface area (Å²) in [7, 11) is 0. The zero-order valence-electron chi connectivity index (χ0n) is 13.8. The van der Waals surface area contributed by atoms with Gasteiger partial charge in [0.1, 0.15) is 0 Å². The van der Waals surface area contributed by atoms with E-state index >= 15 is 0 Å². The van der Waals surface area contributed by atoms with Gasteiger partial charge in [0.15, 0.2) is 0 Å². The quantitative estimate of drug-likeness (QED) is 0.817. The Morgan fingerprint density at radius 3 is 2.12 bits per heavy atom. The second-order valence-corrected chi connectivity index (χ2v) is 6.84. The topological polar surface area (TPSA) is 40.6 Å². The van der Waals surface area contributed by atoms with Crippen LogP contribution >= 0.6 is 11.3 Å². The van der Waals surface area contributed by atoms with Crippen molar-refractivity contribution in [3.63, 3.8) is 0 Å². The maximum absolute atomic E-state index is 12.6. The average Bonchev–Trinajstić information content (AvgIpc) is 3.13. The van der Waals surface area contributed by atoms with E-state index in [4.69, 9.17) is 0 Å². The van der Waals surface area contributed by atoms with Crippen LogP contribution in [-0.2, 0) is 17.4 Å². The van der Waals surface area contributed by atoms with Crippen LogP contribution in [0.3, 0.4) is 0 Å². The molecule has 2 aromatic rings. The summed E-state index contributed by atoms with van der Waals surface area (Å²) in [6.45, 7) is 1.59. The van der Waals surface area contributed by atoms with Crippen molar-refractivity contribution in [2.45, 2.75) is 12.6 Å². The Morgan fingerprint density at radius 2 is 1.58 bits per heavy atom. The van der Waals surface area contributed by atoms with Gasteiger partial charge in [-0.15, -0.1) is 0 Å². The molecule has 0 N–H and O–H groups in total. The van der Waals surface area contributed by atoms with Crippen LogP contribution in [0, 0.1) is 0 Å². The highest BCUT2D eigenvalue weighted by molar-refractivity contribution is 7.08. The van der Waals surface area contributed by atoms with Gasteiger partial charge in [0, 0.05) is 31.7 Å². The third kappa shape index (κ3) is 4.24. The number of hydrogen-bond acceptors (Lipinski definition) is 3. The molecule has 1 saturated heterocycles. The van der Waals surface area contributed by atoms with Gasteiger partial charge in [0.25, 0.3) is 5.91 Å². The number of amides is 2. The normalized spacial score (nSPS) is 15.2. The number of alkyl halides is 3. The molecule has 26 heavy (non-hydrogen) atoms. The number of halogens is 3. The van der Waals surface area contributed by atoms with E-state index in [0.29, 0.717) is 32.6 Å². The number of benzene rings is 1. The Bertz CT molecular complexity index is 765. The fourth-order valence-electron chi connectivity index (χ4n) is 2.82. The van der Waals surface area contributed by atoms with Crippen molar-refractivity contribution in [3.8, 4) is 0 Å². The van der Waals surface area contributed by atoms with Crippen molar-refractivity contribution in [1.82, 2.24) is 9.80 Å². The molecule has 0 unspecified atom stereocenters. The molecule has 0 saturated carbocycles. The van der Waals surface area contributed by atoms with Crippen LogP contribution in [0.15, 0.2) is 41.1 Å². The first-order valence-electron chi connectivity index (χ1n) is 8.10. The van der Waals surface area contributed by atoms with Gasteiger partial charge in [-0.05, 0) is 46.7 Å². The number of rotatable bonds is 3. The monoisotopic (exact) mass is 382 g/mol. The van der Waals surface area contributed by atoms with Gasteiger partial charge < -0.3 is 9.80 Å². The van der Waals surface area contributed by atoms with Crippen molar-refractivity contribution in [2.24, 2.45) is 0 Å². The van der Waals surface area contributed by atoms with Gasteiger partial charge in [0.2, 0.25) is 5.91 Å². The minimum atomic E-state index is -4.42. The molecule has 2 heterocycles. The van der Waals surface area contributed by atoms with Gasteiger partial charge in [-0.1, -0.05) is 0 Å². The molecule has 2 amide bonds. The number of thiophene rings is 1. The van der Waals surface area contributed by atoms with Gasteiger partial charge in [-0.2, -0.15) is 24.5 Å². The molecule has 138 valence electrons. The van der Waals surface area contributed by atoms with Crippen molar-refractivity contribution in [1.29, 1.82) is 0 Å². The molecule has 0 aliphatic carbocycles. The lowest BCUT2D eigenvalue weighted by atomic mass is 10.1. The molecule has 0 radical (unpaired) electrons. The number of nitrogens with zero attached hydrogens (tertiary/aromatic N) is 2. The van der Waals surface area contributed by atoms with Gasteiger partial charge >= 0.3 is 6.18 Å². The Balaban J connectivity index is 1.55. The molecular weight excluding hydrogens is 365 g/mol. The molecule has 1 aliphatic heterocycles. The highest BCUT2D eigenvalue weighted by atomic mass is 32.1. The van der Waals surface area contributed by atoms with Crippen molar-refractivity contribution < 1.29 is 22.8 Å². The lowest BCUT2D eigenvalue weighted by molar-refractivity contribution is -0.137. The standard InChI is InChI=1S/C18H17F3N2O2S/c19-18(20,21)15-3-1-14(2-4-15)17(25)23-8-6-22(7-9-23)16(24)11-13-5-10-26-12-13/h1-5,10,12H,6-9,11H2. The van der Waals surface area contributed by atoms with Gasteiger partial charge in [-0.3, -0.25) is 9.59 Å². The zero-order valence-corrected chi connectivity index (χ0v) is 14.6. The summed E-state index contributed by atoms with van der Waals surface area (Å²) in [5.41, 5.74) is 0.414. The minimum Gasteiger partial charge on any atom is -0.339 e. The molecule has 1 aromatic heterocycles. The zero-order chi connectivity index (χ0) is 18.7. The van der Waals surface area contributed by atoms with Crippen LogP contribution in [-0.4, -0.2) is 47.8 Å². The Labute approximate surface area is 152 Å². The maximum Gasteiger partial charge on any atom is 0.416 e. The smallest absolute Gasteiger partial charge is 0.339 e. The van der Waals surface area contributed by atoms with Crippen LogP contribution in [0.1, 0.15) is 21.5 Å². The predicted molar refractivity (Wildman–Crippen MR) is 92.0 cm³/mol. The third-order valence-electron chi connectivity index (χ3n) is 4.31. The summed E-state index contributed by atoms with van der Waals surface area (Å²) < 4.78 is 37.8. The molecule has 4 nitrogen and oxygen atoms in total. The van der Waals surface area contributed by atoms with E-state index in [-0.39, 0.29) is 17.4 Å². The van der Waals surface area contributed by atoms with Crippen LogP contribution in [0.4, 0.5) is 13.2 Å². The average molecular weight is 382 g/mol. The predicted octanol–water partition coefficient (Wildman–Crippen LogP) is 3.29. The maximum atomic E-state index is 12.6. The number of carbonyl (C=O) groups is 2. The fourth-order valence-corrected chi connectivity index (χ4v) is 3.49. The van der Waals surface area contributed by atoms with Crippen LogP contribution in [0.25, 0.3) is 0 Å². The summed E-state index contributed by atoms with van der Waals surface area (Å²) in [5, 5.41) is 3.85. The lowest BCUT2D eigenvalue weighted by Gasteiger charge is -2.35. The van der Waals surface area contributed by atoms with E-state index < -0.39 is 11.7 Å². The van der Waals surface area contributed by atoms with Crippen LogP contribution in [0.5, 0.6) is 0 Å². The molecule has 1 aliphatic rings. The highest BCUT2D eigenvalue weighted by Gasteiger charge is 2.31. The minimum absolute atomic E-state index is 0.0185. The Hall–Kier alpha value is -2.35. The molecule has 0 atom stereocenters. The summed E-state index contributed by atoms with van der Waals surface area (Å²) >= 11 is 1.54. The third-order valence-corrected chi connectivity index (χ3v) is 5.05. The largest absolute Gasteiger partial charge is 0.416 e.